The number of rotatable bonds is 8. The average molecular weight is 384 g/mol. The van der Waals surface area contributed by atoms with Crippen LogP contribution < -0.4 is 20.1 Å². The smallest absolute Gasteiger partial charge is 0.329 e. The van der Waals surface area contributed by atoms with E-state index in [0.29, 0.717) is 35.6 Å². The number of amides is 2. The zero-order chi connectivity index (χ0) is 20.1. The van der Waals surface area contributed by atoms with Gasteiger partial charge in [-0.05, 0) is 49.2 Å². The van der Waals surface area contributed by atoms with E-state index in [-0.39, 0.29) is 12.5 Å². The molecular formula is C20H20N2O6. The Morgan fingerprint density at radius 1 is 1.07 bits per heavy atom. The molecule has 0 aromatic heterocycles. The molecule has 0 atom stereocenters. The van der Waals surface area contributed by atoms with Crippen LogP contribution in [0.3, 0.4) is 0 Å². The van der Waals surface area contributed by atoms with Crippen molar-refractivity contribution >= 4 is 23.5 Å². The summed E-state index contributed by atoms with van der Waals surface area (Å²) in [5, 5.41) is 14.4. The molecule has 1 fully saturated rings. The van der Waals surface area contributed by atoms with Crippen molar-refractivity contribution in [2.75, 3.05) is 19.0 Å². The van der Waals surface area contributed by atoms with E-state index < -0.39 is 17.4 Å². The van der Waals surface area contributed by atoms with Gasteiger partial charge in [-0.2, -0.15) is 0 Å². The number of hydrogen-bond acceptors (Lipinski definition) is 5. The molecule has 0 heterocycles. The minimum absolute atomic E-state index is 0.203. The van der Waals surface area contributed by atoms with Crippen LogP contribution in [0.25, 0.3) is 0 Å². The molecule has 1 aliphatic carbocycles. The van der Waals surface area contributed by atoms with Crippen LogP contribution in [0.1, 0.15) is 23.2 Å². The Hall–Kier alpha value is -3.55. The second-order valence-electron chi connectivity index (χ2n) is 6.43. The van der Waals surface area contributed by atoms with Gasteiger partial charge < -0.3 is 25.2 Å². The number of nitrogens with one attached hydrogen (secondary N) is 2. The number of aliphatic carboxylic acids is 1. The van der Waals surface area contributed by atoms with Gasteiger partial charge >= 0.3 is 5.97 Å². The summed E-state index contributed by atoms with van der Waals surface area (Å²) < 4.78 is 10.5. The average Bonchev–Trinajstić information content (AvgIpc) is 3.48. The van der Waals surface area contributed by atoms with Crippen LogP contribution in [0.5, 0.6) is 11.5 Å². The second-order valence-corrected chi connectivity index (χ2v) is 6.43. The summed E-state index contributed by atoms with van der Waals surface area (Å²) in [4.78, 5) is 35.3. The third kappa shape index (κ3) is 4.59. The number of benzene rings is 2. The van der Waals surface area contributed by atoms with E-state index in [0.717, 1.165) is 0 Å². The fourth-order valence-electron chi connectivity index (χ4n) is 2.56. The standard InChI is InChI=1S/C20H20N2O6/c1-27-16-4-2-3-14(11-16)21-17(23)12-28-15-7-5-13(6-8-15)18(24)22-20(9-10-20)19(25)26/h2-8,11H,9-10,12H2,1H3,(H,21,23)(H,22,24)(H,25,26). The van der Waals surface area contributed by atoms with Gasteiger partial charge in [0.05, 0.1) is 7.11 Å². The third-order valence-electron chi connectivity index (χ3n) is 4.35. The minimum atomic E-state index is -1.13. The fraction of sp³-hybridized carbons (Fsp3) is 0.250. The van der Waals surface area contributed by atoms with Crippen LogP contribution in [-0.2, 0) is 9.59 Å². The van der Waals surface area contributed by atoms with Gasteiger partial charge in [0.1, 0.15) is 17.0 Å². The highest BCUT2D eigenvalue weighted by atomic mass is 16.5. The maximum atomic E-state index is 12.1. The minimum Gasteiger partial charge on any atom is -0.497 e. The molecule has 2 aromatic rings. The van der Waals surface area contributed by atoms with E-state index in [1.54, 1.807) is 43.5 Å². The Morgan fingerprint density at radius 3 is 2.39 bits per heavy atom. The van der Waals surface area contributed by atoms with Crippen LogP contribution in [0.15, 0.2) is 48.5 Å². The van der Waals surface area contributed by atoms with Crippen LogP contribution in [-0.4, -0.2) is 42.1 Å². The van der Waals surface area contributed by atoms with Crippen molar-refractivity contribution in [3.8, 4) is 11.5 Å². The maximum Gasteiger partial charge on any atom is 0.329 e. The molecule has 0 spiro atoms. The van der Waals surface area contributed by atoms with E-state index in [2.05, 4.69) is 10.6 Å². The summed E-state index contributed by atoms with van der Waals surface area (Å²) in [6, 6.07) is 13.1. The van der Waals surface area contributed by atoms with Crippen LogP contribution in [0.4, 0.5) is 5.69 Å². The number of carbonyl (C=O) groups excluding carboxylic acids is 2. The predicted octanol–water partition coefficient (Wildman–Crippen LogP) is 2.06. The molecule has 3 rings (SSSR count). The lowest BCUT2D eigenvalue weighted by Gasteiger charge is -2.13. The van der Waals surface area contributed by atoms with E-state index in [1.807, 2.05) is 0 Å². The predicted molar refractivity (Wildman–Crippen MR) is 101 cm³/mol. The number of ether oxygens (including phenoxy) is 2. The Bertz CT molecular complexity index is 890. The Labute approximate surface area is 161 Å². The van der Waals surface area contributed by atoms with Crippen LogP contribution in [0.2, 0.25) is 0 Å². The van der Waals surface area contributed by atoms with Crippen molar-refractivity contribution in [1.29, 1.82) is 0 Å². The summed E-state index contributed by atoms with van der Waals surface area (Å²) in [6.45, 7) is -0.203. The van der Waals surface area contributed by atoms with Crippen LogP contribution >= 0.6 is 0 Å². The molecule has 28 heavy (non-hydrogen) atoms. The van der Waals surface area contributed by atoms with E-state index >= 15 is 0 Å². The largest absolute Gasteiger partial charge is 0.497 e. The lowest BCUT2D eigenvalue weighted by molar-refractivity contribution is -0.140. The van der Waals surface area contributed by atoms with E-state index in [9.17, 15) is 14.4 Å². The Balaban J connectivity index is 1.50. The van der Waals surface area contributed by atoms with E-state index in [4.69, 9.17) is 14.6 Å². The first-order valence-corrected chi connectivity index (χ1v) is 8.64. The lowest BCUT2D eigenvalue weighted by Crippen LogP contribution is -2.43. The first-order chi connectivity index (χ1) is 13.4. The molecule has 0 unspecified atom stereocenters. The molecule has 1 saturated carbocycles. The summed E-state index contributed by atoms with van der Waals surface area (Å²) in [5.41, 5.74) is -0.224. The molecule has 3 N–H and O–H groups in total. The van der Waals surface area contributed by atoms with Gasteiger partial charge in [0.15, 0.2) is 6.61 Å². The van der Waals surface area contributed by atoms with Gasteiger partial charge in [0.25, 0.3) is 11.8 Å². The topological polar surface area (TPSA) is 114 Å². The van der Waals surface area contributed by atoms with Gasteiger partial charge in [-0.15, -0.1) is 0 Å². The number of carboxylic acid groups (broad SMARTS) is 1. The zero-order valence-corrected chi connectivity index (χ0v) is 15.2. The van der Waals surface area contributed by atoms with Gasteiger partial charge in [-0.3, -0.25) is 9.59 Å². The monoisotopic (exact) mass is 384 g/mol. The van der Waals surface area contributed by atoms with Crippen molar-refractivity contribution < 1.29 is 29.0 Å². The Morgan fingerprint density at radius 2 is 1.79 bits per heavy atom. The quantitative estimate of drug-likeness (QED) is 0.642. The van der Waals surface area contributed by atoms with Crippen molar-refractivity contribution in [3.63, 3.8) is 0 Å². The molecule has 0 saturated heterocycles. The zero-order valence-electron chi connectivity index (χ0n) is 15.2. The normalized spacial score (nSPS) is 13.9. The summed E-state index contributed by atoms with van der Waals surface area (Å²) in [7, 11) is 1.54. The number of anilines is 1. The summed E-state index contributed by atoms with van der Waals surface area (Å²) >= 11 is 0. The molecule has 1 aliphatic rings. The van der Waals surface area contributed by atoms with Crippen LogP contribution in [0, 0.1) is 0 Å². The van der Waals surface area contributed by atoms with Gasteiger partial charge in [-0.1, -0.05) is 6.07 Å². The molecule has 0 bridgehead atoms. The lowest BCUT2D eigenvalue weighted by atomic mass is 10.1. The molecule has 0 aliphatic heterocycles. The summed E-state index contributed by atoms with van der Waals surface area (Å²) in [6.07, 6.45) is 0.856. The van der Waals surface area contributed by atoms with Gasteiger partial charge in [-0.25, -0.2) is 4.79 Å². The first kappa shape index (κ1) is 19.2. The van der Waals surface area contributed by atoms with Crippen molar-refractivity contribution in [2.45, 2.75) is 18.4 Å². The summed E-state index contributed by atoms with van der Waals surface area (Å²) in [5.74, 6) is -0.780. The molecule has 0 radical (unpaired) electrons. The second kappa shape index (κ2) is 7.99. The highest BCUT2D eigenvalue weighted by Crippen LogP contribution is 2.35. The molecule has 8 nitrogen and oxygen atoms in total. The molecule has 8 heteroatoms. The number of carbonyl (C=O) groups is 3. The SMILES string of the molecule is COc1cccc(NC(=O)COc2ccc(C(=O)NC3(C(=O)O)CC3)cc2)c1. The maximum absolute atomic E-state index is 12.1. The highest BCUT2D eigenvalue weighted by molar-refractivity contribution is 5.99. The molecule has 2 amide bonds. The number of carboxylic acids is 1. The van der Waals surface area contributed by atoms with Crippen molar-refractivity contribution in [1.82, 2.24) is 5.32 Å². The van der Waals surface area contributed by atoms with Gasteiger partial charge in [0, 0.05) is 17.3 Å². The first-order valence-electron chi connectivity index (χ1n) is 8.64. The fourth-order valence-corrected chi connectivity index (χ4v) is 2.56. The number of methoxy groups -OCH3 is 1. The Kier molecular flexibility index (Phi) is 5.49. The van der Waals surface area contributed by atoms with E-state index in [1.165, 1.54) is 12.1 Å². The molecular weight excluding hydrogens is 364 g/mol. The molecule has 146 valence electrons. The van der Waals surface area contributed by atoms with Gasteiger partial charge in [0.2, 0.25) is 0 Å². The third-order valence-corrected chi connectivity index (χ3v) is 4.35. The number of hydrogen-bond donors (Lipinski definition) is 3. The molecule has 2 aromatic carbocycles. The van der Waals surface area contributed by atoms with Crippen molar-refractivity contribution in [3.05, 3.63) is 54.1 Å². The van der Waals surface area contributed by atoms with Crippen molar-refractivity contribution in [2.24, 2.45) is 0 Å². The highest BCUT2D eigenvalue weighted by Gasteiger charge is 2.51.